The lowest BCUT2D eigenvalue weighted by atomic mass is 10.1. The predicted octanol–water partition coefficient (Wildman–Crippen LogP) is 3.36. The Balaban J connectivity index is 3.02. The molecule has 0 bridgehead atoms. The van der Waals surface area contributed by atoms with Crippen LogP contribution in [0.1, 0.15) is 26.3 Å². The number of hydrogen-bond donors (Lipinski definition) is 0. The first-order valence-corrected chi connectivity index (χ1v) is 5.63. The number of nitrogens with zero attached hydrogens (tertiary/aromatic N) is 1. The van der Waals surface area contributed by atoms with Crippen molar-refractivity contribution < 1.29 is 9.66 Å². The molecule has 4 nitrogen and oxygen atoms in total. The van der Waals surface area contributed by atoms with Gasteiger partial charge in [-0.25, -0.2) is 0 Å². The molecule has 92 valence electrons. The molecule has 0 saturated carbocycles. The summed E-state index contributed by atoms with van der Waals surface area (Å²) in [4.78, 5) is 10.5. The molecule has 4 heteroatoms. The van der Waals surface area contributed by atoms with E-state index in [1.807, 2.05) is 25.1 Å². The predicted molar refractivity (Wildman–Crippen MR) is 67.4 cm³/mol. The molecule has 0 atom stereocenters. The Bertz CT molecular complexity index is 424. The Labute approximate surface area is 101 Å². The Morgan fingerprint density at radius 2 is 2.24 bits per heavy atom. The van der Waals surface area contributed by atoms with Gasteiger partial charge in [-0.3, -0.25) is 10.1 Å². The molecule has 17 heavy (non-hydrogen) atoms. The van der Waals surface area contributed by atoms with E-state index in [0.717, 1.165) is 11.3 Å². The monoisotopic (exact) mass is 235 g/mol. The number of rotatable bonds is 5. The zero-order chi connectivity index (χ0) is 12.8. The van der Waals surface area contributed by atoms with Crippen molar-refractivity contribution in [1.29, 1.82) is 0 Å². The van der Waals surface area contributed by atoms with Crippen LogP contribution in [0.5, 0.6) is 5.75 Å². The van der Waals surface area contributed by atoms with Crippen molar-refractivity contribution >= 4 is 6.08 Å². The summed E-state index contributed by atoms with van der Waals surface area (Å²) < 4.78 is 5.35. The topological polar surface area (TPSA) is 52.4 Å². The molecule has 1 aromatic rings. The number of hydrogen-bond acceptors (Lipinski definition) is 3. The third-order valence-corrected chi connectivity index (χ3v) is 2.29. The van der Waals surface area contributed by atoms with Crippen molar-refractivity contribution in [3.05, 3.63) is 45.6 Å². The van der Waals surface area contributed by atoms with E-state index in [2.05, 4.69) is 0 Å². The molecule has 0 radical (unpaired) electrons. The molecule has 0 aliphatic rings. The summed E-state index contributed by atoms with van der Waals surface area (Å²) in [5, 5.41) is 10.9. The van der Waals surface area contributed by atoms with Gasteiger partial charge in [0, 0.05) is 12.0 Å². The van der Waals surface area contributed by atoms with Crippen LogP contribution >= 0.6 is 0 Å². The summed E-state index contributed by atoms with van der Waals surface area (Å²) in [5.74, 6) is 0.619. The highest BCUT2D eigenvalue weighted by Gasteiger charge is 2.15. The summed E-state index contributed by atoms with van der Waals surface area (Å²) in [7, 11) is 0. The van der Waals surface area contributed by atoms with E-state index in [4.69, 9.17) is 4.74 Å². The summed E-state index contributed by atoms with van der Waals surface area (Å²) in [6.07, 6.45) is 1.59. The van der Waals surface area contributed by atoms with Crippen LogP contribution in [-0.2, 0) is 0 Å². The van der Waals surface area contributed by atoms with Crippen LogP contribution in [0.3, 0.4) is 0 Å². The van der Waals surface area contributed by atoms with Crippen molar-refractivity contribution in [3.63, 3.8) is 0 Å². The average molecular weight is 235 g/mol. The van der Waals surface area contributed by atoms with Gasteiger partial charge < -0.3 is 4.74 Å². The second-order valence-electron chi connectivity index (χ2n) is 3.99. The van der Waals surface area contributed by atoms with Gasteiger partial charge in [-0.2, -0.15) is 0 Å². The van der Waals surface area contributed by atoms with Gasteiger partial charge in [-0.15, -0.1) is 0 Å². The maximum Gasteiger partial charge on any atom is 0.249 e. The molecular formula is C13H17NO3. The van der Waals surface area contributed by atoms with Gasteiger partial charge in [0.1, 0.15) is 5.75 Å². The maximum absolute atomic E-state index is 10.9. The molecular weight excluding hydrogens is 218 g/mol. The molecule has 0 aromatic heterocycles. The van der Waals surface area contributed by atoms with Crippen molar-refractivity contribution in [2.75, 3.05) is 6.61 Å². The molecule has 0 aliphatic heterocycles. The van der Waals surface area contributed by atoms with Gasteiger partial charge in [0.15, 0.2) is 0 Å². The third kappa shape index (κ3) is 3.90. The van der Waals surface area contributed by atoms with Crippen LogP contribution in [0.15, 0.2) is 30.0 Å². The second kappa shape index (κ2) is 6.03. The molecule has 0 aliphatic carbocycles. The number of nitro groups is 1. The van der Waals surface area contributed by atoms with Crippen LogP contribution in [0.25, 0.3) is 6.08 Å². The first kappa shape index (κ1) is 13.2. The highest BCUT2D eigenvalue weighted by atomic mass is 16.6. The van der Waals surface area contributed by atoms with E-state index >= 15 is 0 Å². The van der Waals surface area contributed by atoms with Crippen LogP contribution < -0.4 is 4.74 Å². The molecule has 0 unspecified atom stereocenters. The Hall–Kier alpha value is -1.84. The van der Waals surface area contributed by atoms with E-state index in [1.54, 1.807) is 26.0 Å². The van der Waals surface area contributed by atoms with Crippen LogP contribution in [0, 0.1) is 16.0 Å². The highest BCUT2D eigenvalue weighted by Crippen LogP contribution is 2.19. The summed E-state index contributed by atoms with van der Waals surface area (Å²) >= 11 is 0. The van der Waals surface area contributed by atoms with Gasteiger partial charge >= 0.3 is 0 Å². The molecule has 0 saturated heterocycles. The van der Waals surface area contributed by atoms with Crippen molar-refractivity contribution in [2.24, 2.45) is 5.92 Å². The van der Waals surface area contributed by atoms with E-state index in [-0.39, 0.29) is 16.5 Å². The molecule has 0 heterocycles. The number of allylic oxidation sites excluding steroid dienone is 1. The van der Waals surface area contributed by atoms with Gasteiger partial charge in [0.05, 0.1) is 11.5 Å². The summed E-state index contributed by atoms with van der Waals surface area (Å²) in [6, 6.07) is 7.29. The first-order valence-electron chi connectivity index (χ1n) is 5.63. The van der Waals surface area contributed by atoms with Crippen LogP contribution in [0.2, 0.25) is 0 Å². The molecule has 0 fully saturated rings. The maximum atomic E-state index is 10.9. The third-order valence-electron chi connectivity index (χ3n) is 2.29. The summed E-state index contributed by atoms with van der Waals surface area (Å²) in [5.41, 5.74) is 0.995. The molecule has 0 N–H and O–H groups in total. The van der Waals surface area contributed by atoms with E-state index in [9.17, 15) is 10.1 Å². The minimum absolute atomic E-state index is 0.110. The van der Waals surface area contributed by atoms with Crippen LogP contribution in [0.4, 0.5) is 0 Å². The summed E-state index contributed by atoms with van der Waals surface area (Å²) in [6.45, 7) is 6.10. The lowest BCUT2D eigenvalue weighted by Gasteiger charge is -2.05. The fourth-order valence-electron chi connectivity index (χ4n) is 1.46. The quantitative estimate of drug-likeness (QED) is 0.580. The fourth-order valence-corrected chi connectivity index (χ4v) is 1.46. The first-order chi connectivity index (χ1) is 8.04. The smallest absolute Gasteiger partial charge is 0.249 e. The molecule has 0 spiro atoms. The fraction of sp³-hybridized carbons (Fsp3) is 0.385. The SMILES string of the molecule is CCOc1cccc(/C=C(/C(C)C)[N+](=O)[O-])c1. The zero-order valence-corrected chi connectivity index (χ0v) is 10.3. The highest BCUT2D eigenvalue weighted by molar-refractivity contribution is 5.53. The lowest BCUT2D eigenvalue weighted by molar-refractivity contribution is -0.431. The Morgan fingerprint density at radius 3 is 2.76 bits per heavy atom. The molecule has 1 rings (SSSR count). The van der Waals surface area contributed by atoms with Crippen LogP contribution in [-0.4, -0.2) is 11.5 Å². The molecule has 1 aromatic carbocycles. The van der Waals surface area contributed by atoms with E-state index in [1.165, 1.54) is 0 Å². The minimum atomic E-state index is -0.335. The van der Waals surface area contributed by atoms with E-state index in [0.29, 0.717) is 6.61 Å². The second-order valence-corrected chi connectivity index (χ2v) is 3.99. The van der Waals surface area contributed by atoms with Gasteiger partial charge in [-0.1, -0.05) is 26.0 Å². The van der Waals surface area contributed by atoms with Crippen molar-refractivity contribution in [3.8, 4) is 5.75 Å². The standard InChI is InChI=1S/C13H17NO3/c1-4-17-12-7-5-6-11(8-12)9-13(10(2)3)14(15)16/h5-10H,4H2,1-3H3/b13-9-. The Kier molecular flexibility index (Phi) is 4.69. The van der Waals surface area contributed by atoms with Gasteiger partial charge in [0.2, 0.25) is 5.70 Å². The van der Waals surface area contributed by atoms with E-state index < -0.39 is 0 Å². The van der Waals surface area contributed by atoms with Crippen molar-refractivity contribution in [1.82, 2.24) is 0 Å². The normalized spacial score (nSPS) is 11.6. The number of ether oxygens (including phenoxy) is 1. The zero-order valence-electron chi connectivity index (χ0n) is 10.3. The lowest BCUT2D eigenvalue weighted by Crippen LogP contribution is -2.05. The largest absolute Gasteiger partial charge is 0.494 e. The Morgan fingerprint density at radius 1 is 1.53 bits per heavy atom. The van der Waals surface area contributed by atoms with Gasteiger partial charge in [-0.05, 0) is 24.6 Å². The van der Waals surface area contributed by atoms with Gasteiger partial charge in [0.25, 0.3) is 0 Å². The minimum Gasteiger partial charge on any atom is -0.494 e. The number of benzene rings is 1. The molecule has 0 amide bonds. The average Bonchev–Trinajstić information content (AvgIpc) is 2.26. The van der Waals surface area contributed by atoms with Crippen molar-refractivity contribution in [2.45, 2.75) is 20.8 Å².